The molecule has 2 unspecified atom stereocenters. The van der Waals surface area contributed by atoms with Gasteiger partial charge >= 0.3 is 23.9 Å². The van der Waals surface area contributed by atoms with Crippen LogP contribution >= 0.6 is 0 Å². The number of carbonyl (C=O) groups excluding carboxylic acids is 2. The van der Waals surface area contributed by atoms with Gasteiger partial charge in [0.05, 0.1) is 26.4 Å². The van der Waals surface area contributed by atoms with Crippen molar-refractivity contribution in [2.75, 3.05) is 52.6 Å². The highest BCUT2D eigenvalue weighted by Gasteiger charge is 2.35. The molecule has 130 valence electrons. The van der Waals surface area contributed by atoms with Gasteiger partial charge in [0, 0.05) is 39.0 Å². The number of ether oxygens (including phenoxy) is 2. The fourth-order valence-corrected chi connectivity index (χ4v) is 2.79. The van der Waals surface area contributed by atoms with E-state index in [1.165, 1.54) is 0 Å². The molecule has 2 amide bonds. The topological polar surface area (TPSA) is 67.8 Å². The first-order valence-corrected chi connectivity index (χ1v) is 8.13. The maximum Gasteiger partial charge on any atom is 0.305 e. The molecule has 2 aliphatic heterocycles. The molecule has 2 saturated heterocycles. The summed E-state index contributed by atoms with van der Waals surface area (Å²) in [6.07, 6.45) is 0.450. The Morgan fingerprint density at radius 3 is 1.42 bits per heavy atom. The molecule has 2 atom stereocenters. The zero-order valence-corrected chi connectivity index (χ0v) is 13.6. The van der Waals surface area contributed by atoms with E-state index in [2.05, 4.69) is 9.69 Å². The highest BCUT2D eigenvalue weighted by molar-refractivity contribution is 5.85. The van der Waals surface area contributed by atoms with E-state index in [0.717, 1.165) is 0 Å². The largest absolute Gasteiger partial charge is 0.378 e. The first-order valence-electron chi connectivity index (χ1n) is 8.13. The number of nitrogens with zero attached hydrogens (tertiary/aromatic N) is 4. The number of morpholine rings is 2. The molecule has 24 heavy (non-hydrogen) atoms. The Kier molecular flexibility index (Phi) is 6.98. The van der Waals surface area contributed by atoms with Crippen LogP contribution in [-0.2, 0) is 19.1 Å². The number of hydrogen-bond donors (Lipinski definition) is 0. The average Bonchev–Trinajstić information content (AvgIpc) is 2.66. The highest BCUT2D eigenvalue weighted by atomic mass is 16.5. The van der Waals surface area contributed by atoms with Crippen LogP contribution in [0.3, 0.4) is 0 Å². The van der Waals surface area contributed by atoms with E-state index in [1.807, 2.05) is 0 Å². The lowest BCUT2D eigenvalue weighted by Gasteiger charge is -2.27. The standard InChI is InChI=1S/C16H22N4O4/c1-17-13(15(21)19-5-9-23-10-6-19)3-4-14(18-2)16(22)20-7-11-24-12-8-20/h13-14H,3-12H2. The van der Waals surface area contributed by atoms with Crippen LogP contribution in [0.4, 0.5) is 0 Å². The molecule has 2 aliphatic rings. The van der Waals surface area contributed by atoms with E-state index >= 15 is 0 Å². The lowest BCUT2D eigenvalue weighted by Crippen LogP contribution is -2.46. The number of carbonyl (C=O) groups is 2. The van der Waals surface area contributed by atoms with Crippen molar-refractivity contribution in [3.8, 4) is 0 Å². The maximum atomic E-state index is 12.4. The Hall–Kier alpha value is -2.16. The highest BCUT2D eigenvalue weighted by Crippen LogP contribution is 2.15. The fourth-order valence-electron chi connectivity index (χ4n) is 2.79. The van der Waals surface area contributed by atoms with Crippen molar-refractivity contribution in [2.45, 2.75) is 24.9 Å². The van der Waals surface area contributed by atoms with E-state index in [0.29, 0.717) is 52.6 Å². The zero-order valence-electron chi connectivity index (χ0n) is 13.6. The molecule has 0 aromatic rings. The number of rotatable bonds is 5. The van der Waals surface area contributed by atoms with Crippen LogP contribution < -0.4 is 0 Å². The minimum atomic E-state index is -0.829. The van der Waals surface area contributed by atoms with Gasteiger partial charge in [-0.2, -0.15) is 0 Å². The summed E-state index contributed by atoms with van der Waals surface area (Å²) in [5, 5.41) is 0. The Labute approximate surface area is 141 Å². The molecule has 2 heterocycles. The van der Waals surface area contributed by atoms with Gasteiger partial charge in [0.1, 0.15) is 0 Å². The van der Waals surface area contributed by atoms with E-state index in [4.69, 9.17) is 22.6 Å². The van der Waals surface area contributed by atoms with Crippen molar-refractivity contribution in [3.63, 3.8) is 0 Å². The molecule has 2 fully saturated rings. The van der Waals surface area contributed by atoms with Gasteiger partial charge < -0.3 is 29.0 Å². The summed E-state index contributed by atoms with van der Waals surface area (Å²) in [4.78, 5) is 34.8. The second kappa shape index (κ2) is 9.21. The van der Waals surface area contributed by atoms with Crippen LogP contribution in [0, 0.1) is 13.1 Å². The van der Waals surface area contributed by atoms with Gasteiger partial charge in [-0.25, -0.2) is 13.1 Å². The third-order valence-electron chi connectivity index (χ3n) is 4.24. The molecule has 0 spiro atoms. The molecule has 0 aliphatic carbocycles. The molecule has 0 saturated carbocycles. The fraction of sp³-hybridized carbons (Fsp3) is 0.750. The third kappa shape index (κ3) is 4.67. The van der Waals surface area contributed by atoms with Crippen molar-refractivity contribution >= 4 is 11.8 Å². The molecule has 0 aromatic heterocycles. The summed E-state index contributed by atoms with van der Waals surface area (Å²) < 4.78 is 10.4. The van der Waals surface area contributed by atoms with Crippen LogP contribution in [0.2, 0.25) is 0 Å². The van der Waals surface area contributed by atoms with Crippen molar-refractivity contribution < 1.29 is 19.1 Å². The molecular weight excluding hydrogens is 312 g/mol. The summed E-state index contributed by atoms with van der Waals surface area (Å²) in [7, 11) is 0. The lowest BCUT2D eigenvalue weighted by molar-refractivity contribution is -0.137. The monoisotopic (exact) mass is 334 g/mol. The van der Waals surface area contributed by atoms with Gasteiger partial charge in [-0.1, -0.05) is 0 Å². The Bertz CT molecular complexity index is 479. The normalized spacial score (nSPS) is 20.6. The first kappa shape index (κ1) is 18.2. The van der Waals surface area contributed by atoms with Crippen molar-refractivity contribution in [1.82, 2.24) is 9.80 Å². The van der Waals surface area contributed by atoms with Crippen LogP contribution in [0.25, 0.3) is 9.69 Å². The van der Waals surface area contributed by atoms with Gasteiger partial charge in [0.2, 0.25) is 0 Å². The van der Waals surface area contributed by atoms with Crippen LogP contribution in [0.5, 0.6) is 0 Å². The predicted octanol–water partition coefficient (Wildman–Crippen LogP) is 0.0600. The molecular formula is C16H22N4O4. The Morgan fingerprint density at radius 1 is 0.792 bits per heavy atom. The summed E-state index contributed by atoms with van der Waals surface area (Å²) in [5.41, 5.74) is 0. The van der Waals surface area contributed by atoms with E-state index in [1.54, 1.807) is 9.80 Å². The smallest absolute Gasteiger partial charge is 0.305 e. The first-order chi connectivity index (χ1) is 11.7. The van der Waals surface area contributed by atoms with Gasteiger partial charge in [-0.15, -0.1) is 0 Å². The summed E-state index contributed by atoms with van der Waals surface area (Å²) in [6.45, 7) is 18.4. The second-order valence-corrected chi connectivity index (χ2v) is 5.74. The Balaban J connectivity index is 1.88. The zero-order chi connectivity index (χ0) is 17.4. The average molecular weight is 334 g/mol. The number of amides is 2. The molecule has 0 N–H and O–H groups in total. The van der Waals surface area contributed by atoms with Crippen LogP contribution in [0.15, 0.2) is 0 Å². The summed E-state index contributed by atoms with van der Waals surface area (Å²) >= 11 is 0. The van der Waals surface area contributed by atoms with Crippen molar-refractivity contribution in [2.24, 2.45) is 0 Å². The number of hydrogen-bond acceptors (Lipinski definition) is 4. The van der Waals surface area contributed by atoms with Gasteiger partial charge in [-0.3, -0.25) is 9.59 Å². The van der Waals surface area contributed by atoms with Crippen LogP contribution in [-0.4, -0.2) is 86.3 Å². The molecule has 8 heteroatoms. The molecule has 0 aromatic carbocycles. The minimum absolute atomic E-state index is 0.225. The van der Waals surface area contributed by atoms with Crippen molar-refractivity contribution in [3.05, 3.63) is 22.8 Å². The Morgan fingerprint density at radius 2 is 1.12 bits per heavy atom. The summed E-state index contributed by atoms with van der Waals surface area (Å²) in [5.74, 6) is -0.452. The molecule has 0 radical (unpaired) electrons. The molecule has 2 rings (SSSR count). The van der Waals surface area contributed by atoms with E-state index < -0.39 is 12.1 Å². The quantitative estimate of drug-likeness (QED) is 0.667. The molecule has 8 nitrogen and oxygen atoms in total. The predicted molar refractivity (Wildman–Crippen MR) is 84.8 cm³/mol. The minimum Gasteiger partial charge on any atom is -0.378 e. The summed E-state index contributed by atoms with van der Waals surface area (Å²) in [6, 6.07) is -1.66. The van der Waals surface area contributed by atoms with Gasteiger partial charge in [0.25, 0.3) is 0 Å². The lowest BCUT2D eigenvalue weighted by atomic mass is 10.0. The second-order valence-electron chi connectivity index (χ2n) is 5.74. The molecule has 0 bridgehead atoms. The SMILES string of the molecule is [C-]#[N+]C(CCC([N+]#[C-])C(=O)N1CCOCC1)C(=O)N1CCOCC1. The third-order valence-corrected chi connectivity index (χ3v) is 4.24. The van der Waals surface area contributed by atoms with E-state index in [-0.39, 0.29) is 24.7 Å². The van der Waals surface area contributed by atoms with E-state index in [9.17, 15) is 9.59 Å². The van der Waals surface area contributed by atoms with Crippen LogP contribution in [0.1, 0.15) is 12.8 Å². The van der Waals surface area contributed by atoms with Crippen molar-refractivity contribution in [1.29, 1.82) is 0 Å². The van der Waals surface area contributed by atoms with Gasteiger partial charge in [-0.05, 0) is 0 Å². The maximum absolute atomic E-state index is 12.4. The van der Waals surface area contributed by atoms with Gasteiger partial charge in [0.15, 0.2) is 0 Å².